The van der Waals surface area contributed by atoms with Crippen LogP contribution in [0.2, 0.25) is 0 Å². The molecule has 92 valence electrons. The van der Waals surface area contributed by atoms with Crippen LogP contribution in [0.1, 0.15) is 5.56 Å². The highest BCUT2D eigenvalue weighted by Crippen LogP contribution is 2.25. The van der Waals surface area contributed by atoms with E-state index < -0.39 is 0 Å². The molecule has 0 aliphatic rings. The summed E-state index contributed by atoms with van der Waals surface area (Å²) in [6.07, 6.45) is 0. The summed E-state index contributed by atoms with van der Waals surface area (Å²) in [4.78, 5) is 5.57. The standard InChI is InChI=1S/C13H13N3OS/c1-17-7-6-15-13-10(9-14)4-5-11(16-13)12-3-2-8-18-12/h2-5,8H,6-7H2,1H3,(H,15,16). The fraction of sp³-hybridized carbons (Fsp3) is 0.231. The fourth-order valence-electron chi connectivity index (χ4n) is 1.52. The third-order valence-electron chi connectivity index (χ3n) is 2.39. The largest absolute Gasteiger partial charge is 0.383 e. The summed E-state index contributed by atoms with van der Waals surface area (Å²) in [6.45, 7) is 1.21. The Morgan fingerprint density at radius 2 is 2.33 bits per heavy atom. The molecule has 18 heavy (non-hydrogen) atoms. The van der Waals surface area contributed by atoms with Crippen molar-refractivity contribution in [3.8, 4) is 16.6 Å². The second-order valence-corrected chi connectivity index (χ2v) is 4.55. The van der Waals surface area contributed by atoms with Gasteiger partial charge < -0.3 is 10.1 Å². The highest BCUT2D eigenvalue weighted by atomic mass is 32.1. The van der Waals surface area contributed by atoms with Gasteiger partial charge in [-0.2, -0.15) is 5.26 Å². The minimum atomic E-state index is 0.548. The Hall–Kier alpha value is -1.90. The lowest BCUT2D eigenvalue weighted by atomic mass is 10.2. The van der Waals surface area contributed by atoms with Crippen LogP contribution in [0.5, 0.6) is 0 Å². The minimum absolute atomic E-state index is 0.548. The molecule has 0 spiro atoms. The van der Waals surface area contributed by atoms with Crippen molar-refractivity contribution in [2.24, 2.45) is 0 Å². The number of nitrogens with zero attached hydrogens (tertiary/aromatic N) is 2. The lowest BCUT2D eigenvalue weighted by Gasteiger charge is -2.08. The van der Waals surface area contributed by atoms with Crippen molar-refractivity contribution in [1.82, 2.24) is 4.98 Å². The van der Waals surface area contributed by atoms with Gasteiger partial charge in [-0.25, -0.2) is 4.98 Å². The van der Waals surface area contributed by atoms with E-state index >= 15 is 0 Å². The number of nitrogens with one attached hydrogen (secondary N) is 1. The molecule has 0 aliphatic carbocycles. The predicted molar refractivity (Wildman–Crippen MR) is 72.6 cm³/mol. The maximum Gasteiger partial charge on any atom is 0.144 e. The van der Waals surface area contributed by atoms with Gasteiger partial charge >= 0.3 is 0 Å². The summed E-state index contributed by atoms with van der Waals surface area (Å²) >= 11 is 1.63. The van der Waals surface area contributed by atoms with E-state index in [4.69, 9.17) is 10.00 Å². The molecule has 0 atom stereocenters. The van der Waals surface area contributed by atoms with Gasteiger partial charge in [-0.05, 0) is 23.6 Å². The number of aromatic nitrogens is 1. The molecule has 5 heteroatoms. The van der Waals surface area contributed by atoms with Gasteiger partial charge in [-0.1, -0.05) is 6.07 Å². The Morgan fingerprint density at radius 3 is 3.00 bits per heavy atom. The number of ether oxygens (including phenoxy) is 1. The zero-order valence-corrected chi connectivity index (χ0v) is 10.8. The molecule has 0 saturated carbocycles. The third-order valence-corrected chi connectivity index (χ3v) is 3.28. The van der Waals surface area contributed by atoms with Crippen LogP contribution < -0.4 is 5.32 Å². The summed E-state index contributed by atoms with van der Waals surface area (Å²) in [5, 5.41) is 14.2. The first-order valence-electron chi connectivity index (χ1n) is 5.53. The van der Waals surface area contributed by atoms with Crippen LogP contribution >= 0.6 is 11.3 Å². The van der Waals surface area contributed by atoms with Crippen LogP contribution in [0.4, 0.5) is 5.82 Å². The van der Waals surface area contributed by atoms with Crippen LogP contribution in [0, 0.1) is 11.3 Å². The maximum atomic E-state index is 9.04. The van der Waals surface area contributed by atoms with Crippen LogP contribution in [0.3, 0.4) is 0 Å². The minimum Gasteiger partial charge on any atom is -0.383 e. The molecular formula is C13H13N3OS. The SMILES string of the molecule is COCCNc1nc(-c2cccs2)ccc1C#N. The van der Waals surface area contributed by atoms with Crippen LogP contribution in [0.15, 0.2) is 29.6 Å². The summed E-state index contributed by atoms with van der Waals surface area (Å²) in [7, 11) is 1.64. The van der Waals surface area contributed by atoms with Crippen molar-refractivity contribution >= 4 is 17.2 Å². The quantitative estimate of drug-likeness (QED) is 0.839. The zero-order valence-electron chi connectivity index (χ0n) is 10.0. The number of anilines is 1. The lowest BCUT2D eigenvalue weighted by molar-refractivity contribution is 0.210. The fourth-order valence-corrected chi connectivity index (χ4v) is 2.21. The number of methoxy groups -OCH3 is 1. The van der Waals surface area contributed by atoms with E-state index in [9.17, 15) is 0 Å². The molecular weight excluding hydrogens is 246 g/mol. The average Bonchev–Trinajstić information content (AvgIpc) is 2.93. The molecule has 0 aromatic carbocycles. The monoisotopic (exact) mass is 259 g/mol. The number of rotatable bonds is 5. The van der Waals surface area contributed by atoms with E-state index in [0.717, 1.165) is 10.6 Å². The summed E-state index contributed by atoms with van der Waals surface area (Å²) in [5.41, 5.74) is 1.43. The highest BCUT2D eigenvalue weighted by molar-refractivity contribution is 7.13. The Balaban J connectivity index is 2.25. The Bertz CT molecular complexity index is 546. The van der Waals surface area contributed by atoms with Gasteiger partial charge in [-0.3, -0.25) is 0 Å². The van der Waals surface area contributed by atoms with Crippen molar-refractivity contribution < 1.29 is 4.74 Å². The van der Waals surface area contributed by atoms with Gasteiger partial charge in [0, 0.05) is 13.7 Å². The third kappa shape index (κ3) is 2.86. The predicted octanol–water partition coefficient (Wildman–Crippen LogP) is 2.74. The maximum absolute atomic E-state index is 9.04. The van der Waals surface area contributed by atoms with Crippen molar-refractivity contribution in [3.05, 3.63) is 35.2 Å². The highest BCUT2D eigenvalue weighted by Gasteiger charge is 2.07. The van der Waals surface area contributed by atoms with Crippen molar-refractivity contribution in [2.75, 3.05) is 25.6 Å². The van der Waals surface area contributed by atoms with Crippen LogP contribution in [-0.2, 0) is 4.74 Å². The number of hydrogen-bond donors (Lipinski definition) is 1. The molecule has 2 heterocycles. The molecule has 1 N–H and O–H groups in total. The van der Waals surface area contributed by atoms with Gasteiger partial charge in [0.15, 0.2) is 0 Å². The second kappa shape index (κ2) is 6.15. The topological polar surface area (TPSA) is 57.9 Å². The van der Waals surface area contributed by atoms with Crippen LogP contribution in [0.25, 0.3) is 10.6 Å². The summed E-state index contributed by atoms with van der Waals surface area (Å²) in [6, 6.07) is 9.78. The molecule has 0 unspecified atom stereocenters. The van der Waals surface area contributed by atoms with Crippen molar-refractivity contribution in [3.63, 3.8) is 0 Å². The Labute approximate surface area is 110 Å². The van der Waals surface area contributed by atoms with Gasteiger partial charge in [0.1, 0.15) is 11.9 Å². The summed E-state index contributed by atoms with van der Waals surface area (Å²) in [5.74, 6) is 0.612. The van der Waals surface area contributed by atoms with E-state index in [2.05, 4.69) is 16.4 Å². The van der Waals surface area contributed by atoms with Gasteiger partial charge in [0.2, 0.25) is 0 Å². The molecule has 2 aromatic rings. The van der Waals surface area contributed by atoms with Crippen LogP contribution in [-0.4, -0.2) is 25.2 Å². The van der Waals surface area contributed by atoms with E-state index in [1.165, 1.54) is 0 Å². The number of pyridine rings is 1. The smallest absolute Gasteiger partial charge is 0.144 e. The van der Waals surface area contributed by atoms with Gasteiger partial charge in [0.05, 0.1) is 22.7 Å². The van der Waals surface area contributed by atoms with Crippen molar-refractivity contribution in [1.29, 1.82) is 5.26 Å². The normalized spacial score (nSPS) is 10.0. The zero-order chi connectivity index (χ0) is 12.8. The first kappa shape index (κ1) is 12.6. The molecule has 0 saturated heterocycles. The Kier molecular flexibility index (Phi) is 4.29. The first-order valence-corrected chi connectivity index (χ1v) is 6.41. The molecule has 0 radical (unpaired) electrons. The van der Waals surface area contributed by atoms with E-state index in [1.807, 2.05) is 23.6 Å². The van der Waals surface area contributed by atoms with E-state index in [-0.39, 0.29) is 0 Å². The Morgan fingerprint density at radius 1 is 1.44 bits per heavy atom. The molecule has 0 fully saturated rings. The van der Waals surface area contributed by atoms with E-state index in [1.54, 1.807) is 24.5 Å². The summed E-state index contributed by atoms with van der Waals surface area (Å²) < 4.78 is 4.97. The number of nitriles is 1. The van der Waals surface area contributed by atoms with Gasteiger partial charge in [-0.15, -0.1) is 11.3 Å². The second-order valence-electron chi connectivity index (χ2n) is 3.60. The van der Waals surface area contributed by atoms with Gasteiger partial charge in [0.25, 0.3) is 0 Å². The molecule has 2 rings (SSSR count). The molecule has 0 amide bonds. The molecule has 0 aliphatic heterocycles. The number of hydrogen-bond acceptors (Lipinski definition) is 5. The molecule has 0 bridgehead atoms. The lowest BCUT2D eigenvalue weighted by Crippen LogP contribution is -2.10. The first-order chi connectivity index (χ1) is 8.85. The molecule has 4 nitrogen and oxygen atoms in total. The molecule has 2 aromatic heterocycles. The average molecular weight is 259 g/mol. The van der Waals surface area contributed by atoms with E-state index in [0.29, 0.717) is 24.5 Å². The number of thiophene rings is 1. The van der Waals surface area contributed by atoms with Crippen molar-refractivity contribution in [2.45, 2.75) is 0 Å².